The molecule has 1 atom stereocenters. The molecule has 0 bridgehead atoms. The van der Waals surface area contributed by atoms with Crippen molar-refractivity contribution in [1.29, 1.82) is 0 Å². The molecule has 5 nitrogen and oxygen atoms in total. The summed E-state index contributed by atoms with van der Waals surface area (Å²) in [6.07, 6.45) is 1.25. The standard InChI is InChI=1S/C18H24FN3O2S.ClH/c1-13-17(11-20-9-7-15-5-3-4-6-18(15)19)14(2)22(21-13)16-8-10-25(23,24)12-16;/h3-6,16,20H,7-12H2,1-2H3;1H. The second kappa shape index (κ2) is 8.50. The molecule has 1 aliphatic heterocycles. The molecule has 1 aliphatic rings. The molecule has 0 amide bonds. The Kier molecular flexibility index (Phi) is 6.82. The minimum Gasteiger partial charge on any atom is -0.312 e. The van der Waals surface area contributed by atoms with E-state index in [1.165, 1.54) is 6.07 Å². The number of aryl methyl sites for hydroxylation is 1. The summed E-state index contributed by atoms with van der Waals surface area (Å²) >= 11 is 0. The molecule has 144 valence electrons. The Balaban J connectivity index is 0.00000243. The first-order chi connectivity index (χ1) is 11.9. The van der Waals surface area contributed by atoms with Crippen molar-refractivity contribution in [2.75, 3.05) is 18.1 Å². The highest BCUT2D eigenvalue weighted by molar-refractivity contribution is 7.91. The fourth-order valence-electron chi connectivity index (χ4n) is 3.41. The number of sulfone groups is 1. The fourth-order valence-corrected chi connectivity index (χ4v) is 5.11. The van der Waals surface area contributed by atoms with Gasteiger partial charge < -0.3 is 5.32 Å². The molecule has 1 aromatic carbocycles. The molecule has 0 radical (unpaired) electrons. The number of halogens is 2. The monoisotopic (exact) mass is 401 g/mol. The number of hydrogen-bond donors (Lipinski definition) is 1. The minimum atomic E-state index is -2.93. The van der Waals surface area contributed by atoms with E-state index >= 15 is 0 Å². The maximum Gasteiger partial charge on any atom is 0.152 e. The SMILES string of the molecule is Cc1nn(C2CCS(=O)(=O)C2)c(C)c1CNCCc1ccccc1F.Cl. The van der Waals surface area contributed by atoms with Gasteiger partial charge in [0.2, 0.25) is 0 Å². The Morgan fingerprint density at radius 1 is 1.31 bits per heavy atom. The van der Waals surface area contributed by atoms with Crippen LogP contribution in [-0.4, -0.2) is 36.2 Å². The Labute approximate surface area is 160 Å². The third kappa shape index (κ3) is 4.64. The molecule has 0 aliphatic carbocycles. The summed E-state index contributed by atoms with van der Waals surface area (Å²) in [5.41, 5.74) is 3.73. The number of rotatable bonds is 6. The smallest absolute Gasteiger partial charge is 0.152 e. The van der Waals surface area contributed by atoms with Gasteiger partial charge in [-0.05, 0) is 44.9 Å². The van der Waals surface area contributed by atoms with Crippen LogP contribution in [-0.2, 0) is 22.8 Å². The lowest BCUT2D eigenvalue weighted by Gasteiger charge is -2.12. The molecule has 0 saturated carbocycles. The van der Waals surface area contributed by atoms with Gasteiger partial charge in [0.1, 0.15) is 5.82 Å². The first-order valence-corrected chi connectivity index (χ1v) is 10.4. The predicted molar refractivity (Wildman–Crippen MR) is 103 cm³/mol. The van der Waals surface area contributed by atoms with Crippen LogP contribution in [0.4, 0.5) is 4.39 Å². The second-order valence-corrected chi connectivity index (χ2v) is 8.90. The fraction of sp³-hybridized carbons (Fsp3) is 0.500. The van der Waals surface area contributed by atoms with E-state index in [-0.39, 0.29) is 35.8 Å². The average Bonchev–Trinajstić information content (AvgIpc) is 3.05. The molecule has 1 aromatic heterocycles. The van der Waals surface area contributed by atoms with Crippen LogP contribution in [0.25, 0.3) is 0 Å². The molecule has 0 spiro atoms. The summed E-state index contributed by atoms with van der Waals surface area (Å²) in [7, 11) is -2.93. The lowest BCUT2D eigenvalue weighted by Crippen LogP contribution is -2.18. The van der Waals surface area contributed by atoms with Crippen molar-refractivity contribution in [2.24, 2.45) is 0 Å². The van der Waals surface area contributed by atoms with Gasteiger partial charge >= 0.3 is 0 Å². The molecule has 3 rings (SSSR count). The van der Waals surface area contributed by atoms with Gasteiger partial charge in [-0.2, -0.15) is 5.10 Å². The van der Waals surface area contributed by atoms with Gasteiger partial charge in [-0.3, -0.25) is 4.68 Å². The minimum absolute atomic E-state index is 0. The number of hydrogen-bond acceptors (Lipinski definition) is 4. The highest BCUT2D eigenvalue weighted by Gasteiger charge is 2.31. The van der Waals surface area contributed by atoms with Gasteiger partial charge in [-0.15, -0.1) is 12.4 Å². The molecule has 8 heteroatoms. The van der Waals surface area contributed by atoms with Crippen LogP contribution in [0.5, 0.6) is 0 Å². The van der Waals surface area contributed by atoms with Crippen molar-refractivity contribution >= 4 is 22.2 Å². The molecule has 1 N–H and O–H groups in total. The zero-order chi connectivity index (χ0) is 18.0. The van der Waals surface area contributed by atoms with E-state index in [1.54, 1.807) is 12.1 Å². The molecule has 26 heavy (non-hydrogen) atoms. The second-order valence-electron chi connectivity index (χ2n) is 6.67. The molecule has 2 heterocycles. The Bertz CT molecular complexity index is 867. The van der Waals surface area contributed by atoms with E-state index in [0.29, 0.717) is 31.5 Å². The number of aromatic nitrogens is 2. The molecular weight excluding hydrogens is 377 g/mol. The summed E-state index contributed by atoms with van der Waals surface area (Å²) in [5.74, 6) is 0.244. The molecule has 1 fully saturated rings. The first kappa shape index (κ1) is 20.9. The Morgan fingerprint density at radius 2 is 2.04 bits per heavy atom. The predicted octanol–water partition coefficient (Wildman–Crippen LogP) is 2.75. The lowest BCUT2D eigenvalue weighted by atomic mass is 10.1. The van der Waals surface area contributed by atoms with Crippen LogP contribution >= 0.6 is 12.4 Å². The molecule has 1 unspecified atom stereocenters. The first-order valence-electron chi connectivity index (χ1n) is 8.56. The van der Waals surface area contributed by atoms with Crippen molar-refractivity contribution in [3.63, 3.8) is 0 Å². The third-order valence-electron chi connectivity index (χ3n) is 4.86. The topological polar surface area (TPSA) is 64.0 Å². The van der Waals surface area contributed by atoms with Gasteiger partial charge in [-0.25, -0.2) is 12.8 Å². The van der Waals surface area contributed by atoms with Crippen LogP contribution in [0.3, 0.4) is 0 Å². The zero-order valence-corrected chi connectivity index (χ0v) is 16.7. The van der Waals surface area contributed by atoms with Crippen molar-refractivity contribution in [3.05, 3.63) is 52.6 Å². The molecular formula is C18H25ClFN3O2S. The zero-order valence-electron chi connectivity index (χ0n) is 15.0. The third-order valence-corrected chi connectivity index (χ3v) is 6.61. The number of benzene rings is 1. The summed E-state index contributed by atoms with van der Waals surface area (Å²) in [4.78, 5) is 0. The normalized spacial score (nSPS) is 18.7. The van der Waals surface area contributed by atoms with E-state index in [2.05, 4.69) is 10.4 Å². The largest absolute Gasteiger partial charge is 0.312 e. The van der Waals surface area contributed by atoms with Crippen LogP contribution in [0, 0.1) is 19.7 Å². The van der Waals surface area contributed by atoms with Crippen molar-refractivity contribution < 1.29 is 12.8 Å². The van der Waals surface area contributed by atoms with Crippen LogP contribution in [0.15, 0.2) is 24.3 Å². The Hall–Kier alpha value is -1.44. The van der Waals surface area contributed by atoms with E-state index < -0.39 is 9.84 Å². The summed E-state index contributed by atoms with van der Waals surface area (Å²) in [6.45, 7) is 5.24. The maximum atomic E-state index is 13.6. The quantitative estimate of drug-likeness (QED) is 0.756. The van der Waals surface area contributed by atoms with Crippen LogP contribution < -0.4 is 5.32 Å². The maximum absolute atomic E-state index is 13.6. The van der Waals surface area contributed by atoms with Gasteiger partial charge in [0.15, 0.2) is 9.84 Å². The van der Waals surface area contributed by atoms with Gasteiger partial charge in [0.05, 0.1) is 23.2 Å². The molecule has 2 aromatic rings. The average molecular weight is 402 g/mol. The summed E-state index contributed by atoms with van der Waals surface area (Å²) < 4.78 is 38.9. The van der Waals surface area contributed by atoms with Gasteiger partial charge in [0, 0.05) is 17.8 Å². The summed E-state index contributed by atoms with van der Waals surface area (Å²) in [5, 5.41) is 7.90. The van der Waals surface area contributed by atoms with Crippen LogP contribution in [0.2, 0.25) is 0 Å². The lowest BCUT2D eigenvalue weighted by molar-refractivity contribution is 0.485. The highest BCUT2D eigenvalue weighted by atomic mass is 35.5. The van der Waals surface area contributed by atoms with E-state index in [9.17, 15) is 12.8 Å². The molecule has 1 saturated heterocycles. The van der Waals surface area contributed by atoms with Gasteiger partial charge in [0.25, 0.3) is 0 Å². The van der Waals surface area contributed by atoms with E-state index in [0.717, 1.165) is 17.0 Å². The van der Waals surface area contributed by atoms with Crippen LogP contribution in [0.1, 0.15) is 35.0 Å². The number of nitrogens with one attached hydrogen (secondary N) is 1. The van der Waals surface area contributed by atoms with Crippen molar-refractivity contribution in [2.45, 2.75) is 39.3 Å². The van der Waals surface area contributed by atoms with Crippen molar-refractivity contribution in [3.8, 4) is 0 Å². The highest BCUT2D eigenvalue weighted by Crippen LogP contribution is 2.26. The van der Waals surface area contributed by atoms with E-state index in [1.807, 2.05) is 24.6 Å². The Morgan fingerprint density at radius 3 is 2.69 bits per heavy atom. The summed E-state index contributed by atoms with van der Waals surface area (Å²) in [6, 6.07) is 6.74. The van der Waals surface area contributed by atoms with Crippen molar-refractivity contribution in [1.82, 2.24) is 15.1 Å². The number of nitrogens with zero attached hydrogens (tertiary/aromatic N) is 2. The van der Waals surface area contributed by atoms with E-state index in [4.69, 9.17) is 0 Å². The van der Waals surface area contributed by atoms with Gasteiger partial charge in [-0.1, -0.05) is 18.2 Å².